The van der Waals surface area contributed by atoms with Gasteiger partial charge in [-0.1, -0.05) is 6.92 Å². The van der Waals surface area contributed by atoms with Crippen LogP contribution in [0.1, 0.15) is 16.7 Å². The summed E-state index contributed by atoms with van der Waals surface area (Å²) in [6.45, 7) is 2.39. The summed E-state index contributed by atoms with van der Waals surface area (Å²) in [7, 11) is 0. The maximum Gasteiger partial charge on any atom is 0.293 e. The number of aryl methyl sites for hydroxylation is 1. The lowest BCUT2D eigenvalue weighted by Gasteiger charge is -2.13. The van der Waals surface area contributed by atoms with E-state index in [9.17, 15) is 14.0 Å². The van der Waals surface area contributed by atoms with Crippen LogP contribution < -0.4 is 4.74 Å². The van der Waals surface area contributed by atoms with E-state index >= 15 is 0 Å². The summed E-state index contributed by atoms with van der Waals surface area (Å²) in [4.78, 5) is 28.3. The zero-order valence-corrected chi connectivity index (χ0v) is 15.2. The van der Waals surface area contributed by atoms with Gasteiger partial charge in [0.1, 0.15) is 18.2 Å². The molecular weight excluding hydrogens is 361 g/mol. The Labute approximate surface area is 153 Å². The van der Waals surface area contributed by atoms with Crippen molar-refractivity contribution in [3.8, 4) is 5.75 Å². The Morgan fingerprint density at radius 1 is 1.16 bits per heavy atom. The molecule has 2 heterocycles. The van der Waals surface area contributed by atoms with Crippen LogP contribution in [0, 0.1) is 5.82 Å². The van der Waals surface area contributed by atoms with Gasteiger partial charge in [0.25, 0.3) is 11.1 Å². The Morgan fingerprint density at radius 3 is 2.60 bits per heavy atom. The van der Waals surface area contributed by atoms with Crippen LogP contribution in [0.4, 0.5) is 9.18 Å². The van der Waals surface area contributed by atoms with E-state index in [1.165, 1.54) is 34.0 Å². The normalized spacial score (nSPS) is 16.1. The van der Waals surface area contributed by atoms with Gasteiger partial charge in [0.05, 0.1) is 11.4 Å². The summed E-state index contributed by atoms with van der Waals surface area (Å²) < 4.78 is 18.3. The van der Waals surface area contributed by atoms with Crippen LogP contribution in [-0.4, -0.2) is 29.2 Å². The number of halogens is 1. The molecule has 7 heteroatoms. The summed E-state index contributed by atoms with van der Waals surface area (Å²) in [5.41, 5.74) is 0. The molecule has 1 aliphatic rings. The zero-order valence-electron chi connectivity index (χ0n) is 13.5. The quantitative estimate of drug-likeness (QED) is 0.692. The number of rotatable bonds is 6. The molecule has 4 nitrogen and oxygen atoms in total. The minimum absolute atomic E-state index is 0.157. The van der Waals surface area contributed by atoms with Crippen LogP contribution in [0.5, 0.6) is 5.75 Å². The van der Waals surface area contributed by atoms with E-state index < -0.39 is 0 Å². The van der Waals surface area contributed by atoms with Crippen molar-refractivity contribution < 1.29 is 18.7 Å². The number of hydrogen-bond acceptors (Lipinski definition) is 5. The van der Waals surface area contributed by atoms with E-state index in [0.717, 1.165) is 23.1 Å². The first-order valence-corrected chi connectivity index (χ1v) is 9.42. The summed E-state index contributed by atoms with van der Waals surface area (Å²) >= 11 is 2.56. The lowest BCUT2D eigenvalue weighted by molar-refractivity contribution is -0.123. The highest BCUT2D eigenvalue weighted by atomic mass is 32.2. The van der Waals surface area contributed by atoms with Crippen molar-refractivity contribution in [2.45, 2.75) is 13.3 Å². The molecule has 0 atom stereocenters. The van der Waals surface area contributed by atoms with Crippen LogP contribution in [-0.2, 0) is 11.2 Å². The monoisotopic (exact) mass is 377 g/mol. The Morgan fingerprint density at radius 2 is 1.92 bits per heavy atom. The van der Waals surface area contributed by atoms with Crippen LogP contribution in [0.15, 0.2) is 41.3 Å². The van der Waals surface area contributed by atoms with Crippen molar-refractivity contribution >= 4 is 40.3 Å². The molecule has 0 saturated carbocycles. The maximum atomic E-state index is 12.8. The number of nitrogens with zero attached hydrogens (tertiary/aromatic N) is 1. The van der Waals surface area contributed by atoms with Crippen LogP contribution in [0.3, 0.4) is 0 Å². The average molecular weight is 377 g/mol. The van der Waals surface area contributed by atoms with Crippen molar-refractivity contribution in [3.05, 3.63) is 56.9 Å². The van der Waals surface area contributed by atoms with Crippen LogP contribution >= 0.6 is 23.1 Å². The molecule has 3 rings (SSSR count). The third-order valence-electron chi connectivity index (χ3n) is 3.58. The lowest BCUT2D eigenvalue weighted by atomic mass is 10.3. The van der Waals surface area contributed by atoms with E-state index in [-0.39, 0.29) is 30.1 Å². The Hall–Kier alpha value is -2.12. The largest absolute Gasteiger partial charge is 0.492 e. The highest BCUT2D eigenvalue weighted by Crippen LogP contribution is 2.33. The van der Waals surface area contributed by atoms with Gasteiger partial charge in [-0.05, 0) is 60.7 Å². The lowest BCUT2D eigenvalue weighted by Crippen LogP contribution is -2.32. The molecule has 0 bridgehead atoms. The number of thiophene rings is 1. The third kappa shape index (κ3) is 4.29. The van der Waals surface area contributed by atoms with E-state index in [4.69, 9.17) is 4.74 Å². The molecule has 0 N–H and O–H groups in total. The van der Waals surface area contributed by atoms with Gasteiger partial charge in [-0.25, -0.2) is 4.39 Å². The SMILES string of the molecule is CCc1ccc(/C=C2\SC(=O)N(CCOc3ccc(F)cc3)C2=O)s1. The number of benzene rings is 1. The number of ether oxygens (including phenoxy) is 1. The molecule has 1 saturated heterocycles. The van der Waals surface area contributed by atoms with Crippen molar-refractivity contribution in [2.75, 3.05) is 13.2 Å². The van der Waals surface area contributed by atoms with Gasteiger partial charge in [-0.2, -0.15) is 0 Å². The number of thioether (sulfide) groups is 1. The number of carbonyl (C=O) groups is 2. The van der Waals surface area contributed by atoms with Crippen LogP contribution in [0.2, 0.25) is 0 Å². The molecule has 0 unspecified atom stereocenters. The van der Waals surface area contributed by atoms with Crippen molar-refractivity contribution in [3.63, 3.8) is 0 Å². The first-order chi connectivity index (χ1) is 12.1. The summed E-state index contributed by atoms with van der Waals surface area (Å²) in [5.74, 6) is -0.151. The number of amides is 2. The predicted octanol–water partition coefficient (Wildman–Crippen LogP) is 4.56. The summed E-state index contributed by atoms with van der Waals surface area (Å²) in [6.07, 6.45) is 2.70. The second kappa shape index (κ2) is 7.84. The fourth-order valence-electron chi connectivity index (χ4n) is 2.27. The van der Waals surface area contributed by atoms with Crippen molar-refractivity contribution in [1.82, 2.24) is 4.90 Å². The van der Waals surface area contributed by atoms with Gasteiger partial charge in [-0.15, -0.1) is 11.3 Å². The van der Waals surface area contributed by atoms with E-state index in [1.807, 2.05) is 12.1 Å². The molecule has 1 aromatic heterocycles. The second-order valence-corrected chi connectivity index (χ2v) is 7.49. The van der Waals surface area contributed by atoms with Crippen LogP contribution in [0.25, 0.3) is 6.08 Å². The highest BCUT2D eigenvalue weighted by molar-refractivity contribution is 8.18. The Bertz CT molecular complexity index is 814. The summed E-state index contributed by atoms with van der Waals surface area (Å²) in [5, 5.41) is -0.300. The standard InChI is InChI=1S/C18H16FNO3S2/c1-2-14-7-8-15(24-14)11-16-17(21)20(18(22)25-16)9-10-23-13-5-3-12(19)4-6-13/h3-8,11H,2,9-10H2,1H3/b16-11-. The minimum atomic E-state index is -0.344. The topological polar surface area (TPSA) is 46.6 Å². The molecule has 1 aromatic carbocycles. The molecule has 0 radical (unpaired) electrons. The Kier molecular flexibility index (Phi) is 5.55. The maximum absolute atomic E-state index is 12.8. The van der Waals surface area contributed by atoms with Gasteiger partial charge < -0.3 is 4.74 Å². The van der Waals surface area contributed by atoms with Gasteiger partial charge in [0.15, 0.2) is 0 Å². The molecule has 25 heavy (non-hydrogen) atoms. The average Bonchev–Trinajstić information content (AvgIpc) is 3.16. The smallest absolute Gasteiger partial charge is 0.293 e. The first-order valence-electron chi connectivity index (χ1n) is 7.79. The van der Waals surface area contributed by atoms with E-state index in [1.54, 1.807) is 17.4 Å². The highest BCUT2D eigenvalue weighted by Gasteiger charge is 2.34. The number of hydrogen-bond donors (Lipinski definition) is 0. The van der Waals surface area contributed by atoms with E-state index in [2.05, 4.69) is 6.92 Å². The molecule has 0 aliphatic carbocycles. The van der Waals surface area contributed by atoms with Gasteiger partial charge in [-0.3, -0.25) is 14.5 Å². The fraction of sp³-hybridized carbons (Fsp3) is 0.222. The fourth-order valence-corrected chi connectivity index (χ4v) is 4.10. The van der Waals surface area contributed by atoms with Gasteiger partial charge in [0, 0.05) is 9.75 Å². The summed E-state index contributed by atoms with van der Waals surface area (Å²) in [6, 6.07) is 9.58. The minimum Gasteiger partial charge on any atom is -0.492 e. The molecular formula is C18H16FNO3S2. The van der Waals surface area contributed by atoms with Crippen molar-refractivity contribution in [1.29, 1.82) is 0 Å². The molecule has 2 aromatic rings. The van der Waals surface area contributed by atoms with Crippen molar-refractivity contribution in [2.24, 2.45) is 0 Å². The zero-order chi connectivity index (χ0) is 17.8. The molecule has 1 aliphatic heterocycles. The number of imide groups is 1. The predicted molar refractivity (Wildman–Crippen MR) is 98.3 cm³/mol. The van der Waals surface area contributed by atoms with Gasteiger partial charge in [0.2, 0.25) is 0 Å². The first kappa shape index (κ1) is 17.7. The third-order valence-corrected chi connectivity index (χ3v) is 5.66. The Balaban J connectivity index is 1.60. The van der Waals surface area contributed by atoms with E-state index in [0.29, 0.717) is 10.7 Å². The van der Waals surface area contributed by atoms with Gasteiger partial charge >= 0.3 is 0 Å². The molecule has 0 spiro atoms. The second-order valence-electron chi connectivity index (χ2n) is 5.29. The molecule has 1 fully saturated rings. The molecule has 130 valence electrons. The number of carbonyl (C=O) groups excluding carboxylic acids is 2. The molecule has 2 amide bonds.